The SMILES string of the molecule is Cc1ccc(Cc2cc(C#N)nc3ccsc23)cn1. The zero-order valence-corrected chi connectivity index (χ0v) is 11.2. The summed E-state index contributed by atoms with van der Waals surface area (Å²) < 4.78 is 1.15. The molecule has 0 fully saturated rings. The summed E-state index contributed by atoms with van der Waals surface area (Å²) >= 11 is 1.66. The Balaban J connectivity index is 2.06. The molecule has 19 heavy (non-hydrogen) atoms. The molecule has 0 N–H and O–H groups in total. The van der Waals surface area contributed by atoms with Crippen molar-refractivity contribution in [3.63, 3.8) is 0 Å². The van der Waals surface area contributed by atoms with Crippen molar-refractivity contribution in [3.05, 3.63) is 58.4 Å². The number of nitriles is 1. The molecule has 0 radical (unpaired) electrons. The summed E-state index contributed by atoms with van der Waals surface area (Å²) in [4.78, 5) is 8.61. The van der Waals surface area contributed by atoms with E-state index in [-0.39, 0.29) is 0 Å². The molecule has 0 unspecified atom stereocenters. The first kappa shape index (κ1) is 11.8. The van der Waals surface area contributed by atoms with Gasteiger partial charge >= 0.3 is 0 Å². The molecule has 3 nitrogen and oxygen atoms in total. The van der Waals surface area contributed by atoms with Gasteiger partial charge in [-0.2, -0.15) is 5.26 Å². The highest BCUT2D eigenvalue weighted by Gasteiger charge is 2.08. The summed E-state index contributed by atoms with van der Waals surface area (Å²) in [6.45, 7) is 1.97. The molecule has 3 rings (SSSR count). The fourth-order valence-electron chi connectivity index (χ4n) is 2.03. The van der Waals surface area contributed by atoms with Crippen LogP contribution in [0.4, 0.5) is 0 Å². The zero-order chi connectivity index (χ0) is 13.2. The van der Waals surface area contributed by atoms with Gasteiger partial charge in [0, 0.05) is 18.3 Å². The van der Waals surface area contributed by atoms with Gasteiger partial charge in [0.2, 0.25) is 0 Å². The van der Waals surface area contributed by atoms with Crippen LogP contribution < -0.4 is 0 Å². The van der Waals surface area contributed by atoms with Crippen molar-refractivity contribution >= 4 is 21.6 Å². The number of nitrogens with zero attached hydrogens (tertiary/aromatic N) is 3. The second-order valence-electron chi connectivity index (χ2n) is 4.40. The molecule has 0 aliphatic rings. The number of rotatable bonds is 2. The number of hydrogen-bond acceptors (Lipinski definition) is 4. The maximum Gasteiger partial charge on any atom is 0.141 e. The third-order valence-electron chi connectivity index (χ3n) is 2.97. The average Bonchev–Trinajstić information content (AvgIpc) is 2.89. The maximum absolute atomic E-state index is 9.04. The van der Waals surface area contributed by atoms with Gasteiger partial charge in [-0.25, -0.2) is 4.98 Å². The summed E-state index contributed by atoms with van der Waals surface area (Å²) in [6.07, 6.45) is 2.67. The predicted octanol–water partition coefficient (Wildman–Crippen LogP) is 3.46. The van der Waals surface area contributed by atoms with Crippen molar-refractivity contribution < 1.29 is 0 Å². The summed E-state index contributed by atoms with van der Waals surface area (Å²) in [6, 6.07) is 10.0. The topological polar surface area (TPSA) is 49.6 Å². The van der Waals surface area contributed by atoms with Crippen LogP contribution in [0.3, 0.4) is 0 Å². The number of aromatic nitrogens is 2. The van der Waals surface area contributed by atoms with Crippen molar-refractivity contribution in [3.8, 4) is 6.07 Å². The monoisotopic (exact) mass is 265 g/mol. The Morgan fingerprint density at radius 2 is 2.21 bits per heavy atom. The minimum absolute atomic E-state index is 0.473. The number of thiophene rings is 1. The Kier molecular flexibility index (Phi) is 2.98. The highest BCUT2D eigenvalue weighted by molar-refractivity contribution is 7.17. The number of pyridine rings is 2. The van der Waals surface area contributed by atoms with Gasteiger partial charge in [-0.05, 0) is 41.6 Å². The van der Waals surface area contributed by atoms with E-state index in [1.54, 1.807) is 11.3 Å². The van der Waals surface area contributed by atoms with Crippen LogP contribution in [0.5, 0.6) is 0 Å². The Morgan fingerprint density at radius 3 is 2.95 bits per heavy atom. The molecule has 3 aromatic rings. The van der Waals surface area contributed by atoms with Gasteiger partial charge in [-0.1, -0.05) is 6.07 Å². The van der Waals surface area contributed by atoms with Crippen LogP contribution in [-0.2, 0) is 6.42 Å². The minimum Gasteiger partial charge on any atom is -0.261 e. The molecule has 0 aliphatic carbocycles. The van der Waals surface area contributed by atoms with Crippen LogP contribution in [0.15, 0.2) is 35.8 Å². The number of fused-ring (bicyclic) bond motifs is 1. The van der Waals surface area contributed by atoms with E-state index in [0.29, 0.717) is 5.69 Å². The van der Waals surface area contributed by atoms with Crippen LogP contribution in [0.2, 0.25) is 0 Å². The number of hydrogen-bond donors (Lipinski definition) is 0. The lowest BCUT2D eigenvalue weighted by Gasteiger charge is -2.04. The molecule has 0 aliphatic heterocycles. The van der Waals surface area contributed by atoms with Crippen LogP contribution in [0.1, 0.15) is 22.5 Å². The van der Waals surface area contributed by atoms with Crippen molar-refractivity contribution in [1.29, 1.82) is 5.26 Å². The third-order valence-corrected chi connectivity index (χ3v) is 3.95. The lowest BCUT2D eigenvalue weighted by Crippen LogP contribution is -1.93. The molecule has 0 spiro atoms. The molecule has 0 atom stereocenters. The first-order valence-corrected chi connectivity index (χ1v) is 6.83. The summed E-state index contributed by atoms with van der Waals surface area (Å²) in [5, 5.41) is 11.0. The van der Waals surface area contributed by atoms with E-state index in [1.165, 1.54) is 0 Å². The van der Waals surface area contributed by atoms with Gasteiger partial charge in [0.25, 0.3) is 0 Å². The molecule has 92 valence electrons. The molecule has 3 heterocycles. The summed E-state index contributed by atoms with van der Waals surface area (Å²) in [7, 11) is 0. The lowest BCUT2D eigenvalue weighted by molar-refractivity contribution is 1.11. The summed E-state index contributed by atoms with van der Waals surface area (Å²) in [5.74, 6) is 0. The molecular formula is C15H11N3S. The van der Waals surface area contributed by atoms with Gasteiger partial charge in [-0.15, -0.1) is 11.3 Å². The molecular weight excluding hydrogens is 254 g/mol. The molecule has 0 bridgehead atoms. The Hall–Kier alpha value is -2.25. The number of aryl methyl sites for hydroxylation is 1. The minimum atomic E-state index is 0.473. The second kappa shape index (κ2) is 4.79. The van der Waals surface area contributed by atoms with Gasteiger partial charge in [0.1, 0.15) is 11.8 Å². The third kappa shape index (κ3) is 2.33. The highest BCUT2D eigenvalue weighted by atomic mass is 32.1. The quantitative estimate of drug-likeness (QED) is 0.713. The average molecular weight is 265 g/mol. The first-order chi connectivity index (χ1) is 9.26. The van der Waals surface area contributed by atoms with E-state index < -0.39 is 0 Å². The van der Waals surface area contributed by atoms with E-state index in [0.717, 1.165) is 33.5 Å². The van der Waals surface area contributed by atoms with Gasteiger partial charge in [-0.3, -0.25) is 4.98 Å². The Labute approximate surface area is 115 Å². The molecule has 0 saturated heterocycles. The molecule has 3 aromatic heterocycles. The Morgan fingerprint density at radius 1 is 1.32 bits per heavy atom. The van der Waals surface area contributed by atoms with Crippen LogP contribution in [0.25, 0.3) is 10.2 Å². The van der Waals surface area contributed by atoms with E-state index >= 15 is 0 Å². The largest absolute Gasteiger partial charge is 0.261 e. The van der Waals surface area contributed by atoms with Gasteiger partial charge in [0.15, 0.2) is 0 Å². The van der Waals surface area contributed by atoms with E-state index in [4.69, 9.17) is 5.26 Å². The van der Waals surface area contributed by atoms with Crippen LogP contribution >= 0.6 is 11.3 Å². The van der Waals surface area contributed by atoms with E-state index in [1.807, 2.05) is 36.7 Å². The molecule has 0 amide bonds. The van der Waals surface area contributed by atoms with Crippen LogP contribution in [-0.4, -0.2) is 9.97 Å². The predicted molar refractivity (Wildman–Crippen MR) is 76.1 cm³/mol. The lowest BCUT2D eigenvalue weighted by atomic mass is 10.1. The fourth-order valence-corrected chi connectivity index (χ4v) is 2.88. The first-order valence-electron chi connectivity index (χ1n) is 5.95. The van der Waals surface area contributed by atoms with Crippen molar-refractivity contribution in [2.45, 2.75) is 13.3 Å². The fraction of sp³-hybridized carbons (Fsp3) is 0.133. The van der Waals surface area contributed by atoms with Crippen molar-refractivity contribution in [2.24, 2.45) is 0 Å². The summed E-state index contributed by atoms with van der Waals surface area (Å²) in [5.41, 5.74) is 4.68. The van der Waals surface area contributed by atoms with E-state index in [9.17, 15) is 0 Å². The van der Waals surface area contributed by atoms with Crippen LogP contribution in [0, 0.1) is 18.3 Å². The standard InChI is InChI=1S/C15H11N3S/c1-10-2-3-11(9-17-10)6-12-7-13(8-16)18-14-4-5-19-15(12)14/h2-5,7,9H,6H2,1H3. The van der Waals surface area contributed by atoms with Gasteiger partial charge in [0.05, 0.1) is 10.2 Å². The highest BCUT2D eigenvalue weighted by Crippen LogP contribution is 2.26. The van der Waals surface area contributed by atoms with E-state index in [2.05, 4.69) is 22.1 Å². The van der Waals surface area contributed by atoms with Crippen molar-refractivity contribution in [1.82, 2.24) is 9.97 Å². The smallest absolute Gasteiger partial charge is 0.141 e. The molecule has 4 heteroatoms. The molecule has 0 aromatic carbocycles. The zero-order valence-electron chi connectivity index (χ0n) is 10.4. The maximum atomic E-state index is 9.04. The second-order valence-corrected chi connectivity index (χ2v) is 5.31. The van der Waals surface area contributed by atoms with Gasteiger partial charge < -0.3 is 0 Å². The normalized spacial score (nSPS) is 10.5. The Bertz CT molecular complexity index is 766. The van der Waals surface area contributed by atoms with Crippen molar-refractivity contribution in [2.75, 3.05) is 0 Å². The molecule has 0 saturated carbocycles.